The van der Waals surface area contributed by atoms with Crippen LogP contribution < -0.4 is 0 Å². The van der Waals surface area contributed by atoms with Crippen molar-refractivity contribution in [1.29, 1.82) is 0 Å². The third kappa shape index (κ3) is 4.11. The van der Waals surface area contributed by atoms with Crippen molar-refractivity contribution < 1.29 is 14.3 Å². The van der Waals surface area contributed by atoms with E-state index in [9.17, 15) is 9.59 Å². The zero-order valence-electron chi connectivity index (χ0n) is 13.7. The van der Waals surface area contributed by atoms with Gasteiger partial charge in [-0.1, -0.05) is 6.92 Å². The summed E-state index contributed by atoms with van der Waals surface area (Å²) < 4.78 is 5.42. The molecular formula is C16H28N2O3. The first-order valence-electron chi connectivity index (χ1n) is 8.06. The van der Waals surface area contributed by atoms with Crippen LogP contribution in [0, 0.1) is 5.92 Å². The van der Waals surface area contributed by atoms with Gasteiger partial charge in [0.05, 0.1) is 0 Å². The minimum atomic E-state index is -0.520. The molecule has 0 aliphatic carbocycles. The third-order valence-electron chi connectivity index (χ3n) is 4.26. The fourth-order valence-electron chi connectivity index (χ4n) is 3.00. The Labute approximate surface area is 127 Å². The van der Waals surface area contributed by atoms with Crippen molar-refractivity contribution in [1.82, 2.24) is 9.80 Å². The Morgan fingerprint density at radius 3 is 2.24 bits per heavy atom. The normalized spacial score (nSPS) is 24.3. The number of carbonyl (C=O) groups excluding carboxylic acids is 2. The first-order valence-corrected chi connectivity index (χ1v) is 8.06. The molecule has 1 atom stereocenters. The predicted octanol–water partition coefficient (Wildman–Crippen LogP) is 2.64. The average molecular weight is 296 g/mol. The number of carbonyl (C=O) groups is 2. The van der Waals surface area contributed by atoms with Gasteiger partial charge < -0.3 is 9.64 Å². The molecule has 5 nitrogen and oxygen atoms in total. The maximum Gasteiger partial charge on any atom is 0.410 e. The second-order valence-electron chi connectivity index (χ2n) is 7.34. The molecule has 2 fully saturated rings. The Morgan fingerprint density at radius 2 is 1.67 bits per heavy atom. The molecule has 2 amide bonds. The summed E-state index contributed by atoms with van der Waals surface area (Å²) in [5, 5.41) is 0. The number of hydrogen-bond donors (Lipinski definition) is 0. The van der Waals surface area contributed by atoms with Crippen LogP contribution in [0.15, 0.2) is 0 Å². The van der Waals surface area contributed by atoms with Crippen LogP contribution in [0.25, 0.3) is 0 Å². The molecule has 120 valence electrons. The lowest BCUT2D eigenvalue weighted by Gasteiger charge is -2.35. The first kappa shape index (κ1) is 16.1. The van der Waals surface area contributed by atoms with Crippen LogP contribution in [0.5, 0.6) is 0 Å². The van der Waals surface area contributed by atoms with Crippen LogP contribution in [-0.2, 0) is 9.53 Å². The Kier molecular flexibility index (Phi) is 4.79. The fraction of sp³-hybridized carbons (Fsp3) is 0.875. The quantitative estimate of drug-likeness (QED) is 0.747. The van der Waals surface area contributed by atoms with Gasteiger partial charge in [0.1, 0.15) is 11.6 Å². The van der Waals surface area contributed by atoms with Crippen LogP contribution in [0.1, 0.15) is 53.4 Å². The van der Waals surface area contributed by atoms with Crippen molar-refractivity contribution in [2.24, 2.45) is 5.92 Å². The molecule has 2 heterocycles. The average Bonchev–Trinajstić information content (AvgIpc) is 2.86. The van der Waals surface area contributed by atoms with Crippen LogP contribution in [0.3, 0.4) is 0 Å². The monoisotopic (exact) mass is 296 g/mol. The highest BCUT2D eigenvalue weighted by atomic mass is 16.6. The SMILES string of the molecule is CC1CCN(C(=O)[C@@H]2CCCN2C(=O)OC(C)(C)C)CC1. The molecule has 0 radical (unpaired) electrons. The van der Waals surface area contributed by atoms with Gasteiger partial charge in [0.2, 0.25) is 5.91 Å². The lowest BCUT2D eigenvalue weighted by Crippen LogP contribution is -2.50. The lowest BCUT2D eigenvalue weighted by atomic mass is 9.98. The maximum atomic E-state index is 12.7. The molecule has 0 aromatic heterocycles. The van der Waals surface area contributed by atoms with E-state index in [-0.39, 0.29) is 18.0 Å². The molecule has 2 rings (SSSR count). The minimum Gasteiger partial charge on any atom is -0.444 e. The number of rotatable bonds is 1. The highest BCUT2D eigenvalue weighted by molar-refractivity contribution is 5.86. The van der Waals surface area contributed by atoms with E-state index in [2.05, 4.69) is 6.92 Å². The Bertz CT molecular complexity index is 395. The number of piperidine rings is 1. The molecule has 21 heavy (non-hydrogen) atoms. The number of ether oxygens (including phenoxy) is 1. The number of amides is 2. The highest BCUT2D eigenvalue weighted by Gasteiger charge is 2.39. The van der Waals surface area contributed by atoms with Gasteiger partial charge in [0, 0.05) is 19.6 Å². The van der Waals surface area contributed by atoms with Crippen molar-refractivity contribution in [3.63, 3.8) is 0 Å². The largest absolute Gasteiger partial charge is 0.444 e. The fourth-order valence-corrected chi connectivity index (χ4v) is 3.00. The molecule has 0 unspecified atom stereocenters. The molecule has 2 saturated heterocycles. The number of nitrogens with zero attached hydrogens (tertiary/aromatic N) is 2. The third-order valence-corrected chi connectivity index (χ3v) is 4.26. The summed E-state index contributed by atoms with van der Waals surface area (Å²) in [6.45, 7) is 10.0. The van der Waals surface area contributed by atoms with E-state index < -0.39 is 5.60 Å². The second-order valence-corrected chi connectivity index (χ2v) is 7.34. The zero-order chi connectivity index (χ0) is 15.6. The predicted molar refractivity (Wildman–Crippen MR) is 80.9 cm³/mol. The molecule has 0 spiro atoms. The minimum absolute atomic E-state index is 0.102. The van der Waals surface area contributed by atoms with Gasteiger partial charge in [0.25, 0.3) is 0 Å². The van der Waals surface area contributed by atoms with Gasteiger partial charge >= 0.3 is 6.09 Å². The molecule has 0 saturated carbocycles. The zero-order valence-corrected chi connectivity index (χ0v) is 13.7. The van der Waals surface area contributed by atoms with Crippen LogP contribution >= 0.6 is 0 Å². The van der Waals surface area contributed by atoms with Crippen molar-refractivity contribution >= 4 is 12.0 Å². The van der Waals surface area contributed by atoms with Crippen molar-refractivity contribution in [3.05, 3.63) is 0 Å². The van der Waals surface area contributed by atoms with Gasteiger partial charge in [-0.2, -0.15) is 0 Å². The van der Waals surface area contributed by atoms with E-state index in [1.807, 2.05) is 25.7 Å². The molecule has 0 bridgehead atoms. The Morgan fingerprint density at radius 1 is 1.05 bits per heavy atom. The first-order chi connectivity index (χ1) is 9.78. The lowest BCUT2D eigenvalue weighted by molar-refractivity contribution is -0.137. The summed E-state index contributed by atoms with van der Waals surface area (Å²) in [4.78, 5) is 28.4. The smallest absolute Gasteiger partial charge is 0.410 e. The molecule has 2 aliphatic heterocycles. The molecule has 2 aliphatic rings. The van der Waals surface area contributed by atoms with E-state index in [1.54, 1.807) is 4.90 Å². The second kappa shape index (κ2) is 6.24. The van der Waals surface area contributed by atoms with Crippen molar-refractivity contribution in [2.75, 3.05) is 19.6 Å². The standard InChI is InChI=1S/C16H28N2O3/c1-12-7-10-17(11-8-12)14(19)13-6-5-9-18(13)15(20)21-16(2,3)4/h12-13H,5-11H2,1-4H3/t13-/m0/s1. The van der Waals surface area contributed by atoms with E-state index in [0.717, 1.165) is 38.8 Å². The van der Waals surface area contributed by atoms with Crippen LogP contribution in [-0.4, -0.2) is 53.1 Å². The van der Waals surface area contributed by atoms with Crippen molar-refractivity contribution in [2.45, 2.75) is 65.0 Å². The molecule has 0 N–H and O–H groups in total. The maximum absolute atomic E-state index is 12.7. The van der Waals surface area contributed by atoms with Crippen LogP contribution in [0.4, 0.5) is 4.79 Å². The molecule has 0 aromatic carbocycles. The topological polar surface area (TPSA) is 49.9 Å². The molecule has 0 aromatic rings. The van der Waals surface area contributed by atoms with E-state index in [0.29, 0.717) is 12.5 Å². The van der Waals surface area contributed by atoms with Gasteiger partial charge in [-0.25, -0.2) is 4.79 Å². The van der Waals surface area contributed by atoms with Gasteiger partial charge in [-0.3, -0.25) is 9.69 Å². The van der Waals surface area contributed by atoms with Gasteiger partial charge in [-0.05, 0) is 52.4 Å². The number of likely N-dealkylation sites (tertiary alicyclic amines) is 2. The summed E-state index contributed by atoms with van der Waals surface area (Å²) in [6.07, 6.45) is 3.39. The Balaban J connectivity index is 1.98. The van der Waals surface area contributed by atoms with Crippen LogP contribution in [0.2, 0.25) is 0 Å². The summed E-state index contributed by atoms with van der Waals surface area (Å²) >= 11 is 0. The summed E-state index contributed by atoms with van der Waals surface area (Å²) in [6, 6.07) is -0.326. The Hall–Kier alpha value is -1.26. The van der Waals surface area contributed by atoms with E-state index in [4.69, 9.17) is 4.74 Å². The van der Waals surface area contributed by atoms with Crippen molar-refractivity contribution in [3.8, 4) is 0 Å². The molecular weight excluding hydrogens is 268 g/mol. The van der Waals surface area contributed by atoms with Gasteiger partial charge in [0.15, 0.2) is 0 Å². The number of hydrogen-bond acceptors (Lipinski definition) is 3. The molecule has 5 heteroatoms. The van der Waals surface area contributed by atoms with Gasteiger partial charge in [-0.15, -0.1) is 0 Å². The highest BCUT2D eigenvalue weighted by Crippen LogP contribution is 2.24. The van der Waals surface area contributed by atoms with E-state index >= 15 is 0 Å². The summed E-state index contributed by atoms with van der Waals surface area (Å²) in [5.74, 6) is 0.796. The van der Waals surface area contributed by atoms with E-state index in [1.165, 1.54) is 0 Å². The summed E-state index contributed by atoms with van der Waals surface area (Å²) in [7, 11) is 0. The summed E-state index contributed by atoms with van der Waals surface area (Å²) in [5.41, 5.74) is -0.520.